The molecule has 4 atom stereocenters. The van der Waals surface area contributed by atoms with Gasteiger partial charge in [0, 0.05) is 18.0 Å². The van der Waals surface area contributed by atoms with E-state index in [0.717, 1.165) is 19.3 Å². The van der Waals surface area contributed by atoms with Crippen LogP contribution in [-0.4, -0.2) is 26.0 Å². The predicted octanol–water partition coefficient (Wildman–Crippen LogP) is 4.57. The van der Waals surface area contributed by atoms with E-state index in [0.29, 0.717) is 35.4 Å². The maximum Gasteiger partial charge on any atom is 0.303 e. The number of unbranched alkanes of at least 4 members (excludes halogenated alkanes) is 1. The minimum Gasteiger partial charge on any atom is -0.481 e. The van der Waals surface area contributed by atoms with Crippen molar-refractivity contribution in [2.45, 2.75) is 43.9 Å². The zero-order valence-corrected chi connectivity index (χ0v) is 18.1. The summed E-state index contributed by atoms with van der Waals surface area (Å²) >= 11 is 5.95. The number of hydrogen-bond donors (Lipinski definition) is 2. The number of carbonyl (C=O) groups is 1. The van der Waals surface area contributed by atoms with Crippen molar-refractivity contribution < 1.29 is 18.3 Å². The Labute approximate surface area is 177 Å². The van der Waals surface area contributed by atoms with Gasteiger partial charge in [0.15, 0.2) is 0 Å². The summed E-state index contributed by atoms with van der Waals surface area (Å²) in [6.45, 7) is 2.13. The van der Waals surface area contributed by atoms with E-state index in [-0.39, 0.29) is 23.2 Å². The largest absolute Gasteiger partial charge is 0.481 e. The molecule has 1 fully saturated rings. The SMILES string of the molecule is Cc1cc(Cl)ccc1S(=O)(=O)NCC1C2C=CC(CC2)C1/C=C\CCCC(=O)O. The molecule has 5 nitrogen and oxygen atoms in total. The number of allylic oxidation sites excluding steroid dienone is 4. The fourth-order valence-corrected chi connectivity index (χ4v) is 6.06. The zero-order chi connectivity index (χ0) is 21.0. The molecule has 4 unspecified atom stereocenters. The molecule has 29 heavy (non-hydrogen) atoms. The Hall–Kier alpha value is -1.63. The Morgan fingerprint density at radius 2 is 2.00 bits per heavy atom. The van der Waals surface area contributed by atoms with Gasteiger partial charge in [0.2, 0.25) is 10.0 Å². The molecule has 158 valence electrons. The fourth-order valence-electron chi connectivity index (χ4n) is 4.54. The van der Waals surface area contributed by atoms with E-state index in [9.17, 15) is 13.2 Å². The number of benzene rings is 1. The van der Waals surface area contributed by atoms with Gasteiger partial charge in [-0.15, -0.1) is 0 Å². The normalized spacial score (nSPS) is 26.3. The maximum atomic E-state index is 12.8. The fraction of sp³-hybridized carbons (Fsp3) is 0.500. The van der Waals surface area contributed by atoms with Crippen molar-refractivity contribution >= 4 is 27.6 Å². The number of aryl methyl sites for hydroxylation is 1. The number of halogens is 1. The van der Waals surface area contributed by atoms with Gasteiger partial charge in [0.1, 0.15) is 0 Å². The van der Waals surface area contributed by atoms with Crippen LogP contribution < -0.4 is 4.72 Å². The molecular weight excluding hydrogens is 410 g/mol. The Balaban J connectivity index is 1.68. The van der Waals surface area contributed by atoms with Crippen LogP contribution in [0.15, 0.2) is 47.4 Å². The third-order valence-electron chi connectivity index (χ3n) is 6.03. The average Bonchev–Trinajstić information content (AvgIpc) is 2.67. The molecule has 3 aliphatic rings. The number of carboxylic acid groups (broad SMARTS) is 1. The van der Waals surface area contributed by atoms with Gasteiger partial charge in [-0.1, -0.05) is 35.9 Å². The van der Waals surface area contributed by atoms with Gasteiger partial charge in [-0.05, 0) is 80.0 Å². The summed E-state index contributed by atoms with van der Waals surface area (Å²) in [5.41, 5.74) is 0.630. The van der Waals surface area contributed by atoms with E-state index < -0.39 is 16.0 Å². The van der Waals surface area contributed by atoms with Crippen molar-refractivity contribution in [3.8, 4) is 0 Å². The molecule has 0 amide bonds. The van der Waals surface area contributed by atoms with Gasteiger partial charge in [-0.3, -0.25) is 4.79 Å². The average molecular weight is 438 g/mol. The maximum absolute atomic E-state index is 12.8. The van der Waals surface area contributed by atoms with E-state index >= 15 is 0 Å². The molecule has 7 heteroatoms. The summed E-state index contributed by atoms with van der Waals surface area (Å²) in [5, 5.41) is 9.28. The van der Waals surface area contributed by atoms with E-state index in [4.69, 9.17) is 16.7 Å². The van der Waals surface area contributed by atoms with Crippen LogP contribution in [0.25, 0.3) is 0 Å². The highest BCUT2D eigenvalue weighted by Crippen LogP contribution is 2.45. The summed E-state index contributed by atoms with van der Waals surface area (Å²) in [4.78, 5) is 10.9. The van der Waals surface area contributed by atoms with Gasteiger partial charge >= 0.3 is 5.97 Å². The molecule has 0 spiro atoms. The lowest BCUT2D eigenvalue weighted by molar-refractivity contribution is -0.137. The molecule has 0 radical (unpaired) electrons. The number of carboxylic acids is 1. The van der Waals surface area contributed by atoms with Gasteiger partial charge in [-0.2, -0.15) is 0 Å². The lowest BCUT2D eigenvalue weighted by Gasteiger charge is -2.44. The molecule has 2 bridgehead atoms. The van der Waals surface area contributed by atoms with E-state index in [1.54, 1.807) is 25.1 Å². The summed E-state index contributed by atoms with van der Waals surface area (Å²) < 4.78 is 28.5. The first-order valence-electron chi connectivity index (χ1n) is 10.1. The smallest absolute Gasteiger partial charge is 0.303 e. The van der Waals surface area contributed by atoms with Crippen molar-refractivity contribution in [2.75, 3.05) is 6.54 Å². The van der Waals surface area contributed by atoms with Crippen LogP contribution in [0.3, 0.4) is 0 Å². The molecule has 0 saturated heterocycles. The topological polar surface area (TPSA) is 83.5 Å². The van der Waals surface area contributed by atoms with Crippen molar-refractivity contribution in [2.24, 2.45) is 23.7 Å². The van der Waals surface area contributed by atoms with Gasteiger partial charge in [0.25, 0.3) is 0 Å². The number of aliphatic carboxylic acids is 1. The highest BCUT2D eigenvalue weighted by molar-refractivity contribution is 7.89. The minimum absolute atomic E-state index is 0.171. The molecule has 3 aliphatic carbocycles. The van der Waals surface area contributed by atoms with Crippen LogP contribution in [-0.2, 0) is 14.8 Å². The van der Waals surface area contributed by atoms with Gasteiger partial charge in [0.05, 0.1) is 4.90 Å². The predicted molar refractivity (Wildman–Crippen MR) is 114 cm³/mol. The molecule has 0 heterocycles. The standard InChI is InChI=1S/C22H28ClNO4S/c1-15-13-18(23)11-12-21(15)29(27,28)24-14-20-17-9-7-16(8-10-17)19(20)5-3-2-4-6-22(25)26/h3,5,7,9,11-13,16-17,19-20,24H,2,4,6,8,10,14H2,1H3,(H,25,26)/b5-3-. The summed E-state index contributed by atoms with van der Waals surface area (Å²) in [5.74, 6) is 0.488. The molecule has 2 N–H and O–H groups in total. The summed E-state index contributed by atoms with van der Waals surface area (Å²) in [7, 11) is -3.61. The lowest BCUT2D eigenvalue weighted by atomic mass is 9.62. The second kappa shape index (κ2) is 9.45. The quantitative estimate of drug-likeness (QED) is 0.438. The summed E-state index contributed by atoms with van der Waals surface area (Å²) in [6, 6.07) is 4.80. The van der Waals surface area contributed by atoms with Crippen molar-refractivity contribution in [3.63, 3.8) is 0 Å². The van der Waals surface area contributed by atoms with Crippen LogP contribution in [0, 0.1) is 30.6 Å². The van der Waals surface area contributed by atoms with Crippen LogP contribution in [0.1, 0.15) is 37.7 Å². The first-order chi connectivity index (χ1) is 13.8. The van der Waals surface area contributed by atoms with Crippen LogP contribution >= 0.6 is 11.6 Å². The van der Waals surface area contributed by atoms with Crippen LogP contribution in [0.2, 0.25) is 5.02 Å². The Morgan fingerprint density at radius 3 is 2.66 bits per heavy atom. The first-order valence-corrected chi connectivity index (χ1v) is 12.0. The Morgan fingerprint density at radius 1 is 1.28 bits per heavy atom. The van der Waals surface area contributed by atoms with Gasteiger partial charge in [-0.25, -0.2) is 13.1 Å². The second-order valence-corrected chi connectivity index (χ2v) is 10.2. The molecule has 1 aromatic rings. The minimum atomic E-state index is -3.61. The van der Waals surface area contributed by atoms with Crippen molar-refractivity contribution in [1.29, 1.82) is 0 Å². The highest BCUT2D eigenvalue weighted by atomic mass is 35.5. The molecule has 1 aromatic carbocycles. The molecule has 1 saturated carbocycles. The number of hydrogen-bond acceptors (Lipinski definition) is 3. The number of fused-ring (bicyclic) bond motifs is 2. The Kier molecular flexibility index (Phi) is 7.19. The van der Waals surface area contributed by atoms with E-state index in [2.05, 4.69) is 29.0 Å². The van der Waals surface area contributed by atoms with E-state index in [1.165, 1.54) is 0 Å². The molecule has 0 aliphatic heterocycles. The van der Waals surface area contributed by atoms with Gasteiger partial charge < -0.3 is 5.11 Å². The van der Waals surface area contributed by atoms with Crippen LogP contribution in [0.4, 0.5) is 0 Å². The summed E-state index contributed by atoms with van der Waals surface area (Å²) in [6.07, 6.45) is 12.4. The van der Waals surface area contributed by atoms with Crippen molar-refractivity contribution in [1.82, 2.24) is 4.72 Å². The lowest BCUT2D eigenvalue weighted by Crippen LogP contribution is -2.43. The zero-order valence-electron chi connectivity index (χ0n) is 16.6. The third-order valence-corrected chi connectivity index (χ3v) is 7.85. The highest BCUT2D eigenvalue weighted by Gasteiger charge is 2.39. The van der Waals surface area contributed by atoms with E-state index in [1.807, 2.05) is 0 Å². The number of rotatable bonds is 9. The number of sulfonamides is 1. The molecule has 0 aromatic heterocycles. The third kappa shape index (κ3) is 5.50. The monoisotopic (exact) mass is 437 g/mol. The Bertz CT molecular complexity index is 909. The second-order valence-electron chi connectivity index (χ2n) is 8.01. The van der Waals surface area contributed by atoms with Crippen molar-refractivity contribution in [3.05, 3.63) is 53.1 Å². The molecule has 4 rings (SSSR count). The first kappa shape index (κ1) is 22.1. The molecular formula is C22H28ClNO4S. The van der Waals surface area contributed by atoms with Crippen LogP contribution in [0.5, 0.6) is 0 Å². The number of nitrogens with one attached hydrogen (secondary N) is 1.